The first-order valence-corrected chi connectivity index (χ1v) is 9.54. The van der Waals surface area contributed by atoms with Gasteiger partial charge in [0.05, 0.1) is 0 Å². The number of aliphatic carboxylic acids is 1. The van der Waals surface area contributed by atoms with Crippen molar-refractivity contribution in [1.29, 1.82) is 0 Å². The standard InChI is InChI=1S/C19H26N4O3/c1-3-15-12(2)7-20-18(21-15)23-9-14-8-22(16(24)13-5-4-6-13)10-19(14,11-23)17(25)26/h7,13-14H,3-6,8-11H2,1-2H3,(H,25,26)/t14-,19-/m1/s1. The molecular weight excluding hydrogens is 332 g/mol. The van der Waals surface area contributed by atoms with Crippen LogP contribution in [0.25, 0.3) is 0 Å². The molecule has 1 saturated carbocycles. The van der Waals surface area contributed by atoms with E-state index in [2.05, 4.69) is 16.9 Å². The van der Waals surface area contributed by atoms with E-state index < -0.39 is 11.4 Å². The summed E-state index contributed by atoms with van der Waals surface area (Å²) in [6.45, 7) is 5.85. The average Bonchev–Trinajstić information content (AvgIpc) is 3.09. The number of amides is 1. The van der Waals surface area contributed by atoms with Gasteiger partial charge in [0.1, 0.15) is 5.41 Å². The summed E-state index contributed by atoms with van der Waals surface area (Å²) in [5.41, 5.74) is 1.15. The predicted octanol–water partition coefficient (Wildman–Crippen LogP) is 1.50. The molecule has 140 valence electrons. The van der Waals surface area contributed by atoms with Gasteiger partial charge >= 0.3 is 5.97 Å². The second kappa shape index (κ2) is 6.21. The molecule has 1 aromatic heterocycles. The van der Waals surface area contributed by atoms with Gasteiger partial charge in [-0.1, -0.05) is 13.3 Å². The van der Waals surface area contributed by atoms with Crippen LogP contribution in [-0.4, -0.2) is 58.0 Å². The first-order valence-electron chi connectivity index (χ1n) is 9.54. The molecule has 1 aromatic rings. The lowest BCUT2D eigenvalue weighted by atomic mass is 9.81. The van der Waals surface area contributed by atoms with E-state index >= 15 is 0 Å². The van der Waals surface area contributed by atoms with Crippen molar-refractivity contribution in [3.05, 3.63) is 17.5 Å². The normalized spacial score (nSPS) is 28.2. The van der Waals surface area contributed by atoms with Crippen LogP contribution in [-0.2, 0) is 16.0 Å². The number of hydrogen-bond acceptors (Lipinski definition) is 5. The molecule has 26 heavy (non-hydrogen) atoms. The van der Waals surface area contributed by atoms with Gasteiger partial charge in [0.2, 0.25) is 11.9 Å². The Morgan fingerprint density at radius 1 is 1.31 bits per heavy atom. The molecule has 2 atom stereocenters. The Morgan fingerprint density at radius 2 is 2.08 bits per heavy atom. The van der Waals surface area contributed by atoms with E-state index in [9.17, 15) is 14.7 Å². The van der Waals surface area contributed by atoms with Gasteiger partial charge in [0.15, 0.2) is 0 Å². The fourth-order valence-electron chi connectivity index (χ4n) is 4.58. The molecule has 3 fully saturated rings. The smallest absolute Gasteiger partial charge is 0.313 e. The molecule has 0 unspecified atom stereocenters. The van der Waals surface area contributed by atoms with Gasteiger partial charge in [-0.3, -0.25) is 9.59 Å². The number of aromatic nitrogens is 2. The van der Waals surface area contributed by atoms with Crippen molar-refractivity contribution < 1.29 is 14.7 Å². The third kappa shape index (κ3) is 2.56. The molecule has 1 amide bonds. The maximum atomic E-state index is 12.6. The number of aryl methyl sites for hydroxylation is 2. The number of nitrogens with zero attached hydrogens (tertiary/aromatic N) is 4. The number of carbonyl (C=O) groups is 2. The third-order valence-electron chi connectivity index (χ3n) is 6.48. The molecule has 7 heteroatoms. The van der Waals surface area contributed by atoms with E-state index in [0.717, 1.165) is 36.9 Å². The summed E-state index contributed by atoms with van der Waals surface area (Å²) >= 11 is 0. The first-order chi connectivity index (χ1) is 12.4. The van der Waals surface area contributed by atoms with Crippen LogP contribution in [0.3, 0.4) is 0 Å². The van der Waals surface area contributed by atoms with Crippen LogP contribution in [0.2, 0.25) is 0 Å². The van der Waals surface area contributed by atoms with Gasteiger partial charge in [-0.25, -0.2) is 9.97 Å². The van der Waals surface area contributed by atoms with E-state index in [1.807, 2.05) is 18.0 Å². The Labute approximate surface area is 153 Å². The molecule has 7 nitrogen and oxygen atoms in total. The van der Waals surface area contributed by atoms with Crippen LogP contribution in [0, 0.1) is 24.2 Å². The maximum absolute atomic E-state index is 12.6. The van der Waals surface area contributed by atoms with Crippen molar-refractivity contribution in [3.63, 3.8) is 0 Å². The lowest BCUT2D eigenvalue weighted by Crippen LogP contribution is -2.44. The molecule has 3 aliphatic rings. The highest BCUT2D eigenvalue weighted by Crippen LogP contribution is 2.45. The molecule has 3 heterocycles. The predicted molar refractivity (Wildman–Crippen MR) is 95.8 cm³/mol. The Hall–Kier alpha value is -2.18. The topological polar surface area (TPSA) is 86.6 Å². The van der Waals surface area contributed by atoms with E-state index in [0.29, 0.717) is 32.1 Å². The lowest BCUT2D eigenvalue weighted by Gasteiger charge is -2.31. The number of anilines is 1. The minimum atomic E-state index is -0.903. The molecule has 2 saturated heterocycles. The zero-order valence-corrected chi connectivity index (χ0v) is 15.4. The Bertz CT molecular complexity index is 748. The largest absolute Gasteiger partial charge is 0.481 e. The molecule has 0 bridgehead atoms. The molecule has 0 radical (unpaired) electrons. The molecule has 2 aliphatic heterocycles. The third-order valence-corrected chi connectivity index (χ3v) is 6.48. The molecular formula is C19H26N4O3. The van der Waals surface area contributed by atoms with E-state index in [1.54, 1.807) is 4.90 Å². The molecule has 1 N–H and O–H groups in total. The monoisotopic (exact) mass is 358 g/mol. The van der Waals surface area contributed by atoms with Crippen LogP contribution in [0.4, 0.5) is 5.95 Å². The molecule has 0 spiro atoms. The average molecular weight is 358 g/mol. The van der Waals surface area contributed by atoms with Crippen molar-refractivity contribution in [1.82, 2.24) is 14.9 Å². The zero-order valence-electron chi connectivity index (χ0n) is 15.4. The summed E-state index contributed by atoms with van der Waals surface area (Å²) < 4.78 is 0. The maximum Gasteiger partial charge on any atom is 0.313 e. The molecule has 4 rings (SSSR count). The number of likely N-dealkylation sites (tertiary alicyclic amines) is 1. The van der Waals surface area contributed by atoms with E-state index in [-0.39, 0.29) is 17.7 Å². The highest BCUT2D eigenvalue weighted by atomic mass is 16.4. The van der Waals surface area contributed by atoms with Gasteiger partial charge in [-0.2, -0.15) is 0 Å². The summed E-state index contributed by atoms with van der Waals surface area (Å²) in [7, 11) is 0. The van der Waals surface area contributed by atoms with Gasteiger partial charge in [0.25, 0.3) is 0 Å². The molecule has 1 aliphatic carbocycles. The minimum absolute atomic E-state index is 0.0704. The summed E-state index contributed by atoms with van der Waals surface area (Å²) in [5, 5.41) is 9.99. The van der Waals surface area contributed by atoms with Crippen LogP contribution in [0.1, 0.15) is 37.4 Å². The second-order valence-corrected chi connectivity index (χ2v) is 8.04. The minimum Gasteiger partial charge on any atom is -0.481 e. The van der Waals surface area contributed by atoms with Crippen molar-refractivity contribution in [2.45, 2.75) is 39.5 Å². The Morgan fingerprint density at radius 3 is 2.65 bits per heavy atom. The van der Waals surface area contributed by atoms with E-state index in [1.165, 1.54) is 0 Å². The van der Waals surface area contributed by atoms with Crippen molar-refractivity contribution >= 4 is 17.8 Å². The Kier molecular flexibility index (Phi) is 4.12. The lowest BCUT2D eigenvalue weighted by molar-refractivity contribution is -0.149. The first kappa shape index (κ1) is 17.2. The number of carboxylic acids is 1. The SMILES string of the molecule is CCc1nc(N2C[C@H]3CN(C(=O)C4CCC4)C[C@@]3(C(=O)O)C2)ncc1C. The second-order valence-electron chi connectivity index (χ2n) is 8.04. The van der Waals surface area contributed by atoms with Gasteiger partial charge in [0, 0.05) is 49.9 Å². The van der Waals surface area contributed by atoms with Crippen LogP contribution in [0.15, 0.2) is 6.20 Å². The highest BCUT2D eigenvalue weighted by molar-refractivity contribution is 5.84. The summed E-state index contributed by atoms with van der Waals surface area (Å²) in [5.74, 6) is -0.00362. The van der Waals surface area contributed by atoms with Gasteiger partial charge < -0.3 is 14.9 Å². The number of carboxylic acid groups (broad SMARTS) is 1. The summed E-state index contributed by atoms with van der Waals surface area (Å²) in [4.78, 5) is 37.6. The van der Waals surface area contributed by atoms with Gasteiger partial charge in [-0.05, 0) is 31.7 Å². The number of hydrogen-bond donors (Lipinski definition) is 1. The fraction of sp³-hybridized carbons (Fsp3) is 0.684. The zero-order chi connectivity index (χ0) is 18.5. The van der Waals surface area contributed by atoms with Crippen molar-refractivity contribution in [2.24, 2.45) is 17.3 Å². The number of fused-ring (bicyclic) bond motifs is 1. The van der Waals surface area contributed by atoms with Crippen LogP contribution < -0.4 is 4.90 Å². The van der Waals surface area contributed by atoms with Crippen LogP contribution in [0.5, 0.6) is 0 Å². The molecule has 0 aromatic carbocycles. The number of rotatable bonds is 4. The fourth-order valence-corrected chi connectivity index (χ4v) is 4.58. The van der Waals surface area contributed by atoms with Gasteiger partial charge in [-0.15, -0.1) is 0 Å². The number of carbonyl (C=O) groups excluding carboxylic acids is 1. The summed E-state index contributed by atoms with van der Waals surface area (Å²) in [6, 6.07) is 0. The Balaban J connectivity index is 1.55. The van der Waals surface area contributed by atoms with E-state index in [4.69, 9.17) is 0 Å². The van der Waals surface area contributed by atoms with Crippen molar-refractivity contribution in [3.8, 4) is 0 Å². The van der Waals surface area contributed by atoms with Crippen molar-refractivity contribution in [2.75, 3.05) is 31.1 Å². The quantitative estimate of drug-likeness (QED) is 0.878. The summed E-state index contributed by atoms with van der Waals surface area (Å²) in [6.07, 6.45) is 5.64. The highest BCUT2D eigenvalue weighted by Gasteiger charge is 2.59. The van der Waals surface area contributed by atoms with Crippen LogP contribution >= 0.6 is 0 Å².